The lowest BCUT2D eigenvalue weighted by molar-refractivity contribution is 0.459. The normalized spacial score (nSPS) is 33.8. The van der Waals surface area contributed by atoms with Crippen molar-refractivity contribution in [2.45, 2.75) is 33.1 Å². The fourth-order valence-corrected chi connectivity index (χ4v) is 2.03. The monoisotopic (exact) mass is 166 g/mol. The number of rotatable bonds is 2. The largest absolute Gasteiger partial charge is 0.425 e. The van der Waals surface area contributed by atoms with Gasteiger partial charge in [-0.2, -0.15) is 0 Å². The highest BCUT2D eigenvalue weighted by Gasteiger charge is 2.49. The van der Waals surface area contributed by atoms with Crippen LogP contribution in [-0.2, 0) is 0 Å². The number of aromatic nitrogens is 2. The third-order valence-corrected chi connectivity index (χ3v) is 2.86. The number of hydrogen-bond acceptors (Lipinski definition) is 3. The molecule has 0 bridgehead atoms. The lowest BCUT2D eigenvalue weighted by atomic mass is 10.2. The van der Waals surface area contributed by atoms with E-state index in [4.69, 9.17) is 4.42 Å². The van der Waals surface area contributed by atoms with Gasteiger partial charge in [-0.05, 0) is 11.8 Å². The first kappa shape index (κ1) is 7.77. The molecule has 1 heterocycles. The van der Waals surface area contributed by atoms with E-state index < -0.39 is 0 Å². The average Bonchev–Trinajstić information content (AvgIpc) is 2.49. The van der Waals surface area contributed by atoms with Crippen molar-refractivity contribution in [3.63, 3.8) is 0 Å². The van der Waals surface area contributed by atoms with E-state index in [9.17, 15) is 0 Å². The van der Waals surface area contributed by atoms with Gasteiger partial charge in [-0.15, -0.1) is 10.2 Å². The van der Waals surface area contributed by atoms with Crippen LogP contribution in [0.3, 0.4) is 0 Å². The lowest BCUT2D eigenvalue weighted by Gasteiger charge is -1.87. The molecule has 0 aromatic carbocycles. The van der Waals surface area contributed by atoms with Crippen LogP contribution in [-0.4, -0.2) is 10.2 Å². The summed E-state index contributed by atoms with van der Waals surface area (Å²) >= 11 is 0. The highest BCUT2D eigenvalue weighted by Crippen LogP contribution is 2.54. The van der Waals surface area contributed by atoms with Crippen LogP contribution in [0.4, 0.5) is 0 Å². The van der Waals surface area contributed by atoms with Gasteiger partial charge in [-0.3, -0.25) is 0 Å². The molecular weight excluding hydrogens is 152 g/mol. The Labute approximate surface area is 72.2 Å². The third-order valence-electron chi connectivity index (χ3n) is 2.86. The zero-order chi connectivity index (χ0) is 8.72. The molecule has 3 heteroatoms. The van der Waals surface area contributed by atoms with E-state index in [2.05, 4.69) is 24.0 Å². The number of aryl methyl sites for hydroxylation is 1. The predicted octanol–water partition coefficient (Wildman–Crippen LogP) is 2.14. The molecule has 66 valence electrons. The van der Waals surface area contributed by atoms with Gasteiger partial charge < -0.3 is 4.42 Å². The predicted molar refractivity (Wildman–Crippen MR) is 44.7 cm³/mol. The Balaban J connectivity index is 2.13. The summed E-state index contributed by atoms with van der Waals surface area (Å²) < 4.78 is 5.39. The first-order chi connectivity index (χ1) is 5.74. The summed E-state index contributed by atoms with van der Waals surface area (Å²) in [5.74, 6) is 3.56. The zero-order valence-electron chi connectivity index (χ0n) is 7.74. The molecule has 3 unspecified atom stereocenters. The average molecular weight is 166 g/mol. The summed E-state index contributed by atoms with van der Waals surface area (Å²) in [4.78, 5) is 0. The Morgan fingerprint density at radius 2 is 2.17 bits per heavy atom. The van der Waals surface area contributed by atoms with Crippen LogP contribution < -0.4 is 0 Å². The van der Waals surface area contributed by atoms with Crippen LogP contribution in [0, 0.1) is 18.8 Å². The summed E-state index contributed by atoms with van der Waals surface area (Å²) in [6, 6.07) is 0. The second-order valence-corrected chi connectivity index (χ2v) is 3.62. The SMILES string of the molecule is CCC1C(C)C1c1nnc(C)o1. The second kappa shape index (κ2) is 2.57. The van der Waals surface area contributed by atoms with Crippen LogP contribution in [0.2, 0.25) is 0 Å². The van der Waals surface area contributed by atoms with Gasteiger partial charge in [0, 0.05) is 12.8 Å². The van der Waals surface area contributed by atoms with E-state index in [1.807, 2.05) is 6.92 Å². The quantitative estimate of drug-likeness (QED) is 0.675. The summed E-state index contributed by atoms with van der Waals surface area (Å²) in [6.07, 6.45) is 1.22. The Morgan fingerprint density at radius 1 is 1.42 bits per heavy atom. The minimum atomic E-state index is 0.538. The van der Waals surface area contributed by atoms with Gasteiger partial charge in [0.25, 0.3) is 0 Å². The fourth-order valence-electron chi connectivity index (χ4n) is 2.03. The van der Waals surface area contributed by atoms with E-state index in [1.54, 1.807) is 0 Å². The molecule has 0 N–H and O–H groups in total. The molecule has 0 saturated heterocycles. The maximum Gasteiger partial charge on any atom is 0.220 e. The van der Waals surface area contributed by atoms with Gasteiger partial charge in [-0.1, -0.05) is 20.3 Å². The molecule has 1 aliphatic rings. The van der Waals surface area contributed by atoms with Gasteiger partial charge in [0.05, 0.1) is 0 Å². The Bertz CT molecular complexity index is 282. The fraction of sp³-hybridized carbons (Fsp3) is 0.778. The number of hydrogen-bond donors (Lipinski definition) is 0. The minimum Gasteiger partial charge on any atom is -0.425 e. The molecule has 1 aliphatic carbocycles. The Morgan fingerprint density at radius 3 is 2.58 bits per heavy atom. The van der Waals surface area contributed by atoms with Crippen LogP contribution in [0.25, 0.3) is 0 Å². The molecule has 3 nitrogen and oxygen atoms in total. The van der Waals surface area contributed by atoms with E-state index >= 15 is 0 Å². The highest BCUT2D eigenvalue weighted by molar-refractivity contribution is 5.10. The van der Waals surface area contributed by atoms with E-state index in [0.717, 1.165) is 17.7 Å². The van der Waals surface area contributed by atoms with Crippen molar-refractivity contribution < 1.29 is 4.42 Å². The molecule has 0 spiro atoms. The maximum atomic E-state index is 5.39. The summed E-state index contributed by atoms with van der Waals surface area (Å²) in [7, 11) is 0. The standard InChI is InChI=1S/C9H14N2O/c1-4-7-5(2)8(7)9-11-10-6(3)12-9/h5,7-8H,4H2,1-3H3. The van der Waals surface area contributed by atoms with Crippen molar-refractivity contribution >= 4 is 0 Å². The molecule has 0 amide bonds. The molecule has 1 fully saturated rings. The van der Waals surface area contributed by atoms with Crippen molar-refractivity contribution in [3.8, 4) is 0 Å². The summed E-state index contributed by atoms with van der Waals surface area (Å²) in [6.45, 7) is 6.30. The molecule has 1 saturated carbocycles. The van der Waals surface area contributed by atoms with Gasteiger partial charge >= 0.3 is 0 Å². The third kappa shape index (κ3) is 1.04. The summed E-state index contributed by atoms with van der Waals surface area (Å²) in [5, 5.41) is 7.87. The molecule has 12 heavy (non-hydrogen) atoms. The molecule has 0 aliphatic heterocycles. The Hall–Kier alpha value is -0.860. The molecule has 2 rings (SSSR count). The smallest absolute Gasteiger partial charge is 0.220 e. The van der Waals surface area contributed by atoms with Crippen LogP contribution in [0.15, 0.2) is 4.42 Å². The van der Waals surface area contributed by atoms with E-state index in [1.165, 1.54) is 6.42 Å². The van der Waals surface area contributed by atoms with Crippen molar-refractivity contribution in [2.24, 2.45) is 11.8 Å². The van der Waals surface area contributed by atoms with Crippen molar-refractivity contribution in [3.05, 3.63) is 11.8 Å². The molecular formula is C9H14N2O. The first-order valence-corrected chi connectivity index (χ1v) is 4.54. The summed E-state index contributed by atoms with van der Waals surface area (Å²) in [5.41, 5.74) is 0. The van der Waals surface area contributed by atoms with Gasteiger partial charge in [-0.25, -0.2) is 0 Å². The topological polar surface area (TPSA) is 38.9 Å². The van der Waals surface area contributed by atoms with E-state index in [0.29, 0.717) is 11.8 Å². The zero-order valence-corrected chi connectivity index (χ0v) is 7.74. The second-order valence-electron chi connectivity index (χ2n) is 3.62. The van der Waals surface area contributed by atoms with Gasteiger partial charge in [0.1, 0.15) is 0 Å². The molecule has 1 aromatic rings. The van der Waals surface area contributed by atoms with Crippen LogP contribution >= 0.6 is 0 Å². The lowest BCUT2D eigenvalue weighted by Crippen LogP contribution is -1.82. The molecule has 3 atom stereocenters. The first-order valence-electron chi connectivity index (χ1n) is 4.54. The molecule has 0 radical (unpaired) electrons. The Kier molecular flexibility index (Phi) is 1.67. The van der Waals surface area contributed by atoms with E-state index in [-0.39, 0.29) is 0 Å². The van der Waals surface area contributed by atoms with Gasteiger partial charge in [0.2, 0.25) is 11.8 Å². The van der Waals surface area contributed by atoms with Crippen molar-refractivity contribution in [1.29, 1.82) is 0 Å². The number of nitrogens with zero attached hydrogens (tertiary/aromatic N) is 2. The minimum absolute atomic E-state index is 0.538. The van der Waals surface area contributed by atoms with Crippen LogP contribution in [0.1, 0.15) is 38.0 Å². The van der Waals surface area contributed by atoms with Crippen molar-refractivity contribution in [1.82, 2.24) is 10.2 Å². The van der Waals surface area contributed by atoms with Crippen LogP contribution in [0.5, 0.6) is 0 Å². The molecule has 1 aromatic heterocycles. The highest BCUT2D eigenvalue weighted by atomic mass is 16.4. The maximum absolute atomic E-state index is 5.39. The van der Waals surface area contributed by atoms with Crippen molar-refractivity contribution in [2.75, 3.05) is 0 Å². The van der Waals surface area contributed by atoms with Gasteiger partial charge in [0.15, 0.2) is 0 Å².